The van der Waals surface area contributed by atoms with Gasteiger partial charge in [-0.15, -0.1) is 11.3 Å². The maximum atomic E-state index is 11.8. The van der Waals surface area contributed by atoms with E-state index < -0.39 is 6.09 Å². The standard InChI is InChI=1S/C18H21N3O3S2/c1-4-11(2)24-18(23)21-17(25)20-15-14(13-8-6-5-7-9-13)10-26-16(15)19-12(3)22/h5-11H,4H2,1-3H3,(H,19,22)(H2,20,21,23,25). The molecule has 1 unspecified atom stereocenters. The van der Waals surface area contributed by atoms with E-state index in [9.17, 15) is 9.59 Å². The van der Waals surface area contributed by atoms with Crippen molar-refractivity contribution in [2.75, 3.05) is 10.6 Å². The van der Waals surface area contributed by atoms with Gasteiger partial charge in [0.05, 0.1) is 5.69 Å². The van der Waals surface area contributed by atoms with Crippen molar-refractivity contribution in [2.24, 2.45) is 0 Å². The van der Waals surface area contributed by atoms with Crippen LogP contribution in [-0.4, -0.2) is 23.2 Å². The minimum atomic E-state index is -0.616. The lowest BCUT2D eigenvalue weighted by molar-refractivity contribution is -0.114. The molecule has 0 spiro atoms. The number of amides is 2. The number of carbonyl (C=O) groups is 2. The topological polar surface area (TPSA) is 79.5 Å². The van der Waals surface area contributed by atoms with E-state index in [4.69, 9.17) is 17.0 Å². The normalized spacial score (nSPS) is 11.3. The molecule has 0 aliphatic heterocycles. The van der Waals surface area contributed by atoms with Crippen LogP contribution in [0.3, 0.4) is 0 Å². The van der Waals surface area contributed by atoms with Crippen LogP contribution in [-0.2, 0) is 9.53 Å². The van der Waals surface area contributed by atoms with Gasteiger partial charge in [0.2, 0.25) is 5.91 Å². The van der Waals surface area contributed by atoms with E-state index in [0.29, 0.717) is 17.1 Å². The summed E-state index contributed by atoms with van der Waals surface area (Å²) in [5.74, 6) is -0.190. The van der Waals surface area contributed by atoms with Crippen LogP contribution in [0.5, 0.6) is 0 Å². The third-order valence-corrected chi connectivity index (χ3v) is 4.60. The summed E-state index contributed by atoms with van der Waals surface area (Å²) in [5, 5.41) is 10.9. The summed E-state index contributed by atoms with van der Waals surface area (Å²) < 4.78 is 5.15. The zero-order valence-electron chi connectivity index (χ0n) is 14.8. The Bertz CT molecular complexity index is 790. The van der Waals surface area contributed by atoms with Crippen LogP contribution in [0, 0.1) is 0 Å². The minimum Gasteiger partial charge on any atom is -0.446 e. The quantitative estimate of drug-likeness (QED) is 0.650. The molecular formula is C18H21N3O3S2. The molecule has 1 aromatic heterocycles. The van der Waals surface area contributed by atoms with E-state index in [2.05, 4.69) is 16.0 Å². The number of hydrogen-bond acceptors (Lipinski definition) is 5. The molecule has 2 aromatic rings. The van der Waals surface area contributed by atoms with Crippen LogP contribution >= 0.6 is 23.6 Å². The fourth-order valence-corrected chi connectivity index (χ4v) is 3.25. The zero-order chi connectivity index (χ0) is 19.1. The van der Waals surface area contributed by atoms with Gasteiger partial charge < -0.3 is 15.4 Å². The summed E-state index contributed by atoms with van der Waals surface area (Å²) in [6.45, 7) is 5.16. The summed E-state index contributed by atoms with van der Waals surface area (Å²) in [6, 6.07) is 9.69. The molecule has 2 amide bonds. The predicted molar refractivity (Wildman–Crippen MR) is 110 cm³/mol. The van der Waals surface area contributed by atoms with Gasteiger partial charge in [0.1, 0.15) is 11.1 Å². The van der Waals surface area contributed by atoms with Crippen molar-refractivity contribution in [1.29, 1.82) is 0 Å². The minimum absolute atomic E-state index is 0.0977. The number of ether oxygens (including phenoxy) is 1. The van der Waals surface area contributed by atoms with Crippen molar-refractivity contribution in [3.8, 4) is 11.1 Å². The Morgan fingerprint density at radius 3 is 2.54 bits per heavy atom. The van der Waals surface area contributed by atoms with Gasteiger partial charge in [0.25, 0.3) is 0 Å². The zero-order valence-corrected chi connectivity index (χ0v) is 16.4. The first-order chi connectivity index (χ1) is 12.4. The second-order valence-corrected chi connectivity index (χ2v) is 6.89. The Morgan fingerprint density at radius 1 is 1.23 bits per heavy atom. The third kappa shape index (κ3) is 5.53. The average molecular weight is 392 g/mol. The Kier molecular flexibility index (Phi) is 7.11. The molecule has 138 valence electrons. The molecule has 0 saturated carbocycles. The average Bonchev–Trinajstić information content (AvgIpc) is 2.97. The van der Waals surface area contributed by atoms with Gasteiger partial charge in [-0.1, -0.05) is 37.3 Å². The molecule has 1 aromatic carbocycles. The molecule has 1 heterocycles. The van der Waals surface area contributed by atoms with Crippen molar-refractivity contribution in [2.45, 2.75) is 33.3 Å². The van der Waals surface area contributed by atoms with Crippen molar-refractivity contribution in [3.63, 3.8) is 0 Å². The summed E-state index contributed by atoms with van der Waals surface area (Å²) in [5.41, 5.74) is 2.47. The molecule has 6 nitrogen and oxygen atoms in total. The van der Waals surface area contributed by atoms with Crippen molar-refractivity contribution < 1.29 is 14.3 Å². The van der Waals surface area contributed by atoms with Crippen LogP contribution in [0.1, 0.15) is 27.2 Å². The fraction of sp³-hybridized carbons (Fsp3) is 0.278. The summed E-state index contributed by atoms with van der Waals surface area (Å²) in [6.07, 6.45) is -0.105. The van der Waals surface area contributed by atoms with Gasteiger partial charge >= 0.3 is 6.09 Å². The molecule has 0 aliphatic carbocycles. The Labute approximate surface area is 161 Å². The molecule has 8 heteroatoms. The van der Waals surface area contributed by atoms with E-state index in [1.54, 1.807) is 6.92 Å². The molecule has 3 N–H and O–H groups in total. The Hall–Kier alpha value is -2.45. The molecule has 0 fully saturated rings. The lowest BCUT2D eigenvalue weighted by Gasteiger charge is -2.15. The highest BCUT2D eigenvalue weighted by molar-refractivity contribution is 7.80. The predicted octanol–water partition coefficient (Wildman–Crippen LogP) is 4.60. The second kappa shape index (κ2) is 9.30. The van der Waals surface area contributed by atoms with Crippen molar-refractivity contribution >= 4 is 51.4 Å². The van der Waals surface area contributed by atoms with Crippen molar-refractivity contribution in [3.05, 3.63) is 35.7 Å². The Morgan fingerprint density at radius 2 is 1.92 bits per heavy atom. The number of nitrogens with one attached hydrogen (secondary N) is 3. The van der Waals surface area contributed by atoms with Gasteiger partial charge in [-0.3, -0.25) is 10.1 Å². The van der Waals surface area contributed by atoms with Crippen molar-refractivity contribution in [1.82, 2.24) is 5.32 Å². The summed E-state index contributed by atoms with van der Waals surface area (Å²) in [7, 11) is 0. The third-order valence-electron chi connectivity index (χ3n) is 3.50. The van der Waals surface area contributed by atoms with E-state index in [1.165, 1.54) is 18.3 Å². The van der Waals surface area contributed by atoms with E-state index in [0.717, 1.165) is 11.1 Å². The highest BCUT2D eigenvalue weighted by atomic mass is 32.1. The SMILES string of the molecule is CCC(C)OC(=O)NC(=S)Nc1c(-c2ccccc2)csc1NC(C)=O. The Balaban J connectivity index is 2.20. The lowest BCUT2D eigenvalue weighted by Crippen LogP contribution is -2.36. The fourth-order valence-electron chi connectivity index (χ4n) is 2.10. The van der Waals surface area contributed by atoms with Crippen LogP contribution in [0.2, 0.25) is 0 Å². The lowest BCUT2D eigenvalue weighted by atomic mass is 10.1. The first kappa shape index (κ1) is 19.9. The number of carbonyl (C=O) groups excluding carboxylic acids is 2. The highest BCUT2D eigenvalue weighted by Crippen LogP contribution is 2.40. The maximum Gasteiger partial charge on any atom is 0.413 e. The summed E-state index contributed by atoms with van der Waals surface area (Å²) in [4.78, 5) is 23.3. The first-order valence-corrected chi connectivity index (χ1v) is 9.42. The molecule has 26 heavy (non-hydrogen) atoms. The van der Waals surface area contributed by atoms with Crippen LogP contribution < -0.4 is 16.0 Å². The van der Waals surface area contributed by atoms with E-state index in [1.807, 2.05) is 42.6 Å². The van der Waals surface area contributed by atoms with E-state index in [-0.39, 0.29) is 17.1 Å². The number of thiocarbonyl (C=S) groups is 1. The second-order valence-electron chi connectivity index (χ2n) is 5.60. The number of alkyl carbamates (subject to hydrolysis) is 1. The number of thiophene rings is 1. The van der Waals surface area contributed by atoms with Gasteiger partial charge in [0, 0.05) is 17.9 Å². The van der Waals surface area contributed by atoms with Gasteiger partial charge in [-0.05, 0) is 31.1 Å². The highest BCUT2D eigenvalue weighted by Gasteiger charge is 2.17. The number of benzene rings is 1. The van der Waals surface area contributed by atoms with Crippen LogP contribution in [0.15, 0.2) is 35.7 Å². The molecule has 2 rings (SSSR count). The van der Waals surface area contributed by atoms with Gasteiger partial charge in [-0.25, -0.2) is 4.79 Å². The van der Waals surface area contributed by atoms with Gasteiger partial charge in [0.15, 0.2) is 5.11 Å². The molecule has 0 radical (unpaired) electrons. The number of rotatable bonds is 5. The van der Waals surface area contributed by atoms with Crippen LogP contribution in [0.25, 0.3) is 11.1 Å². The van der Waals surface area contributed by atoms with Crippen LogP contribution in [0.4, 0.5) is 15.5 Å². The number of anilines is 2. The smallest absolute Gasteiger partial charge is 0.413 e. The molecule has 1 atom stereocenters. The van der Waals surface area contributed by atoms with E-state index >= 15 is 0 Å². The monoisotopic (exact) mass is 391 g/mol. The molecule has 0 saturated heterocycles. The molecular weight excluding hydrogens is 370 g/mol. The molecule has 0 aliphatic rings. The number of hydrogen-bond donors (Lipinski definition) is 3. The molecule has 0 bridgehead atoms. The largest absolute Gasteiger partial charge is 0.446 e. The first-order valence-electron chi connectivity index (χ1n) is 8.13. The van der Waals surface area contributed by atoms with Gasteiger partial charge in [-0.2, -0.15) is 0 Å². The maximum absolute atomic E-state index is 11.8. The summed E-state index contributed by atoms with van der Waals surface area (Å²) >= 11 is 6.60.